The standard InChI is InChI=1S/C13H21N3O3S2.ClH/c1-14-8-11-4-2-6-16(10-11)12(17)9-15-21(18,19)13-5-3-7-20-13;/h3,5,7,11,14-15H,2,4,6,8-10H2,1H3;1H. The molecule has 1 aromatic rings. The summed E-state index contributed by atoms with van der Waals surface area (Å²) in [6.45, 7) is 2.11. The van der Waals surface area contributed by atoms with Crippen LogP contribution in [0.5, 0.6) is 0 Å². The van der Waals surface area contributed by atoms with E-state index >= 15 is 0 Å². The van der Waals surface area contributed by atoms with Crippen molar-refractivity contribution in [2.75, 3.05) is 33.2 Å². The van der Waals surface area contributed by atoms with E-state index < -0.39 is 10.0 Å². The molecule has 1 atom stereocenters. The number of carbonyl (C=O) groups is 1. The van der Waals surface area contributed by atoms with Crippen LogP contribution in [0.3, 0.4) is 0 Å². The molecule has 1 aliphatic heterocycles. The number of carbonyl (C=O) groups excluding carboxylic acids is 1. The lowest BCUT2D eigenvalue weighted by atomic mass is 9.98. The first kappa shape index (κ1) is 19.4. The maximum Gasteiger partial charge on any atom is 0.250 e. The summed E-state index contributed by atoms with van der Waals surface area (Å²) in [5.41, 5.74) is 0. The lowest BCUT2D eigenvalue weighted by molar-refractivity contribution is -0.131. The Morgan fingerprint density at radius 1 is 1.50 bits per heavy atom. The van der Waals surface area contributed by atoms with Gasteiger partial charge in [-0.25, -0.2) is 13.1 Å². The van der Waals surface area contributed by atoms with Gasteiger partial charge in [-0.05, 0) is 43.8 Å². The van der Waals surface area contributed by atoms with Crippen LogP contribution >= 0.6 is 23.7 Å². The third kappa shape index (κ3) is 5.20. The smallest absolute Gasteiger partial charge is 0.250 e. The Morgan fingerprint density at radius 2 is 2.27 bits per heavy atom. The van der Waals surface area contributed by atoms with E-state index in [0.29, 0.717) is 19.0 Å². The van der Waals surface area contributed by atoms with Crippen molar-refractivity contribution in [1.82, 2.24) is 14.9 Å². The van der Waals surface area contributed by atoms with Crippen LogP contribution in [0.4, 0.5) is 0 Å². The van der Waals surface area contributed by atoms with E-state index in [-0.39, 0.29) is 29.1 Å². The van der Waals surface area contributed by atoms with Gasteiger partial charge in [-0.2, -0.15) is 0 Å². The second-order valence-electron chi connectivity index (χ2n) is 5.16. The Labute approximate surface area is 141 Å². The average molecular weight is 368 g/mol. The molecule has 2 heterocycles. The van der Waals surface area contributed by atoms with Gasteiger partial charge in [-0.15, -0.1) is 23.7 Å². The fourth-order valence-corrected chi connectivity index (χ4v) is 4.51. The van der Waals surface area contributed by atoms with Crippen molar-refractivity contribution < 1.29 is 13.2 Å². The van der Waals surface area contributed by atoms with E-state index in [2.05, 4.69) is 10.0 Å². The summed E-state index contributed by atoms with van der Waals surface area (Å²) >= 11 is 1.14. The number of rotatable bonds is 6. The van der Waals surface area contributed by atoms with Gasteiger partial charge in [0.15, 0.2) is 0 Å². The molecule has 1 fully saturated rings. The van der Waals surface area contributed by atoms with Crippen LogP contribution in [0.25, 0.3) is 0 Å². The topological polar surface area (TPSA) is 78.5 Å². The number of hydrogen-bond acceptors (Lipinski definition) is 5. The van der Waals surface area contributed by atoms with Crippen molar-refractivity contribution in [3.05, 3.63) is 17.5 Å². The summed E-state index contributed by atoms with van der Waals surface area (Å²) in [4.78, 5) is 13.9. The fraction of sp³-hybridized carbons (Fsp3) is 0.615. The zero-order valence-electron chi connectivity index (χ0n) is 12.4. The molecule has 0 spiro atoms. The highest BCUT2D eigenvalue weighted by Gasteiger charge is 2.24. The highest BCUT2D eigenvalue weighted by molar-refractivity contribution is 7.91. The molecule has 1 unspecified atom stereocenters. The van der Waals surface area contributed by atoms with Crippen molar-refractivity contribution in [3.63, 3.8) is 0 Å². The van der Waals surface area contributed by atoms with Crippen molar-refractivity contribution in [2.24, 2.45) is 5.92 Å². The van der Waals surface area contributed by atoms with Gasteiger partial charge in [-0.1, -0.05) is 6.07 Å². The second kappa shape index (κ2) is 8.83. The summed E-state index contributed by atoms with van der Waals surface area (Å²) in [6.07, 6.45) is 2.07. The minimum absolute atomic E-state index is 0. The Bertz CT molecular complexity index is 561. The van der Waals surface area contributed by atoms with Gasteiger partial charge in [0.1, 0.15) is 4.21 Å². The zero-order chi connectivity index (χ0) is 15.3. The van der Waals surface area contributed by atoms with Crippen LogP contribution in [0.1, 0.15) is 12.8 Å². The summed E-state index contributed by atoms with van der Waals surface area (Å²) in [5.74, 6) is 0.289. The molecule has 22 heavy (non-hydrogen) atoms. The third-order valence-corrected chi connectivity index (χ3v) is 6.34. The van der Waals surface area contributed by atoms with Gasteiger partial charge in [-0.3, -0.25) is 4.79 Å². The van der Waals surface area contributed by atoms with Crippen molar-refractivity contribution >= 4 is 39.7 Å². The Balaban J connectivity index is 0.00000242. The van der Waals surface area contributed by atoms with Crippen LogP contribution in [0, 0.1) is 5.92 Å². The van der Waals surface area contributed by atoms with Gasteiger partial charge < -0.3 is 10.2 Å². The van der Waals surface area contributed by atoms with E-state index in [9.17, 15) is 13.2 Å². The van der Waals surface area contributed by atoms with Crippen LogP contribution < -0.4 is 10.0 Å². The second-order valence-corrected chi connectivity index (χ2v) is 8.10. The van der Waals surface area contributed by atoms with Crippen molar-refractivity contribution in [3.8, 4) is 0 Å². The summed E-state index contributed by atoms with van der Waals surface area (Å²) < 4.78 is 26.6. The highest BCUT2D eigenvalue weighted by Crippen LogP contribution is 2.17. The monoisotopic (exact) mass is 367 g/mol. The molecule has 0 bridgehead atoms. The normalized spacial score (nSPS) is 18.8. The molecule has 0 aromatic carbocycles. The average Bonchev–Trinajstić information content (AvgIpc) is 3.00. The summed E-state index contributed by atoms with van der Waals surface area (Å²) in [5, 5.41) is 4.82. The van der Waals surface area contributed by atoms with Crippen LogP contribution in [-0.2, 0) is 14.8 Å². The van der Waals surface area contributed by atoms with E-state index in [1.807, 2.05) is 7.05 Å². The molecule has 126 valence electrons. The maximum atomic E-state index is 12.1. The molecule has 0 aliphatic carbocycles. The number of piperidine rings is 1. The lowest BCUT2D eigenvalue weighted by Gasteiger charge is -2.32. The minimum atomic E-state index is -3.57. The molecule has 1 amide bonds. The maximum absolute atomic E-state index is 12.1. The van der Waals surface area contributed by atoms with E-state index in [1.54, 1.807) is 16.3 Å². The van der Waals surface area contributed by atoms with Gasteiger partial charge >= 0.3 is 0 Å². The number of hydrogen-bond donors (Lipinski definition) is 2. The summed E-state index contributed by atoms with van der Waals surface area (Å²) in [7, 11) is -1.67. The number of likely N-dealkylation sites (tertiary alicyclic amines) is 1. The molecule has 0 radical (unpaired) electrons. The first-order valence-corrected chi connectivity index (χ1v) is 9.35. The molecule has 1 saturated heterocycles. The molecular formula is C13H22ClN3O3S2. The molecule has 2 N–H and O–H groups in total. The lowest BCUT2D eigenvalue weighted by Crippen LogP contribution is -2.46. The zero-order valence-corrected chi connectivity index (χ0v) is 14.9. The molecule has 1 aliphatic rings. The Morgan fingerprint density at radius 3 is 2.91 bits per heavy atom. The molecule has 0 saturated carbocycles. The van der Waals surface area contributed by atoms with E-state index in [4.69, 9.17) is 0 Å². The molecule has 2 rings (SSSR count). The number of amides is 1. The predicted octanol–water partition coefficient (Wildman–Crippen LogP) is 0.906. The number of halogens is 1. The van der Waals surface area contributed by atoms with Crippen molar-refractivity contribution in [1.29, 1.82) is 0 Å². The number of sulfonamides is 1. The molecule has 9 heteroatoms. The molecular weight excluding hydrogens is 346 g/mol. The van der Waals surface area contributed by atoms with Crippen molar-refractivity contribution in [2.45, 2.75) is 17.1 Å². The fourth-order valence-electron chi connectivity index (χ4n) is 2.50. The Kier molecular flexibility index (Phi) is 7.78. The largest absolute Gasteiger partial charge is 0.341 e. The van der Waals surface area contributed by atoms with Crippen LogP contribution in [0.2, 0.25) is 0 Å². The van der Waals surface area contributed by atoms with Gasteiger partial charge in [0.2, 0.25) is 5.91 Å². The first-order valence-electron chi connectivity index (χ1n) is 6.98. The number of nitrogens with one attached hydrogen (secondary N) is 2. The number of nitrogens with zero attached hydrogens (tertiary/aromatic N) is 1. The quantitative estimate of drug-likeness (QED) is 0.783. The number of thiophene rings is 1. The van der Waals surface area contributed by atoms with Gasteiger partial charge in [0.25, 0.3) is 10.0 Å². The summed E-state index contributed by atoms with van der Waals surface area (Å²) in [6, 6.07) is 3.20. The molecule has 1 aromatic heterocycles. The first-order chi connectivity index (χ1) is 10.0. The predicted molar refractivity (Wildman–Crippen MR) is 90.0 cm³/mol. The minimum Gasteiger partial charge on any atom is -0.341 e. The highest BCUT2D eigenvalue weighted by atomic mass is 35.5. The molecule has 6 nitrogen and oxygen atoms in total. The SMILES string of the molecule is CNCC1CCCN(C(=O)CNS(=O)(=O)c2cccs2)C1.Cl. The van der Waals surface area contributed by atoms with E-state index in [1.165, 1.54) is 6.07 Å². The van der Waals surface area contributed by atoms with Gasteiger partial charge in [0, 0.05) is 13.1 Å². The third-order valence-electron chi connectivity index (χ3n) is 3.54. The van der Waals surface area contributed by atoms with Crippen LogP contribution in [0.15, 0.2) is 21.7 Å². The van der Waals surface area contributed by atoms with Gasteiger partial charge in [0.05, 0.1) is 6.54 Å². The Hall–Kier alpha value is -0.670. The van der Waals surface area contributed by atoms with E-state index in [0.717, 1.165) is 30.7 Å². The van der Waals surface area contributed by atoms with Crippen LogP contribution in [-0.4, -0.2) is 52.5 Å².